The third-order valence-electron chi connectivity index (χ3n) is 4.79. The highest BCUT2D eigenvalue weighted by atomic mass is 16.3. The quantitative estimate of drug-likeness (QED) is 0.434. The summed E-state index contributed by atoms with van der Waals surface area (Å²) in [4.78, 5) is 43.6. The Morgan fingerprint density at radius 3 is 2.52 bits per heavy atom. The van der Waals surface area contributed by atoms with Crippen molar-refractivity contribution in [3.63, 3.8) is 0 Å². The summed E-state index contributed by atoms with van der Waals surface area (Å²) >= 11 is 0. The van der Waals surface area contributed by atoms with Crippen molar-refractivity contribution in [2.75, 3.05) is 0 Å². The third kappa shape index (κ3) is 6.10. The van der Waals surface area contributed by atoms with E-state index in [1.165, 1.54) is 12.1 Å². The van der Waals surface area contributed by atoms with Crippen LogP contribution < -0.4 is 16.2 Å². The number of hydrogen-bond donors (Lipinski definition) is 4. The van der Waals surface area contributed by atoms with Crippen molar-refractivity contribution >= 4 is 11.8 Å². The molecule has 0 bridgehead atoms. The second kappa shape index (κ2) is 10.3. The van der Waals surface area contributed by atoms with Gasteiger partial charge in [-0.3, -0.25) is 19.4 Å². The molecule has 0 aliphatic heterocycles. The molecule has 0 aliphatic carbocycles. The normalized spacial score (nSPS) is 12.6. The zero-order valence-corrected chi connectivity index (χ0v) is 17.0. The van der Waals surface area contributed by atoms with Gasteiger partial charge in [-0.25, -0.2) is 0 Å². The standard InChI is InChI=1S/C23H24N4O4/c1-15-10-11-19(28)27-20(15)22(30)26-18(13-16-7-3-2-4-8-16)21(29)23(31)25-14-17-9-5-6-12-24-17/h2-12,18,21,29H,13-14H2,1H3,(H,25,31)(H,26,30)(H,27,28)/t18-,21?/m0/s1. The predicted molar refractivity (Wildman–Crippen MR) is 115 cm³/mol. The summed E-state index contributed by atoms with van der Waals surface area (Å²) in [5.41, 5.74) is 1.73. The molecule has 1 unspecified atom stereocenters. The van der Waals surface area contributed by atoms with E-state index in [9.17, 15) is 19.5 Å². The van der Waals surface area contributed by atoms with E-state index in [4.69, 9.17) is 0 Å². The summed E-state index contributed by atoms with van der Waals surface area (Å²) in [7, 11) is 0. The van der Waals surface area contributed by atoms with E-state index >= 15 is 0 Å². The second-order valence-corrected chi connectivity index (χ2v) is 7.13. The minimum atomic E-state index is -1.51. The molecule has 0 saturated carbocycles. The molecule has 2 aromatic heterocycles. The van der Waals surface area contributed by atoms with Gasteiger partial charge >= 0.3 is 0 Å². The Hall–Kier alpha value is -3.78. The number of pyridine rings is 2. The minimum absolute atomic E-state index is 0.0895. The van der Waals surface area contributed by atoms with Crippen LogP contribution in [0, 0.1) is 6.92 Å². The van der Waals surface area contributed by atoms with Crippen molar-refractivity contribution in [2.24, 2.45) is 0 Å². The van der Waals surface area contributed by atoms with Gasteiger partial charge < -0.3 is 20.7 Å². The van der Waals surface area contributed by atoms with Gasteiger partial charge in [-0.05, 0) is 36.6 Å². The lowest BCUT2D eigenvalue weighted by Crippen LogP contribution is -2.52. The zero-order chi connectivity index (χ0) is 22.2. The fourth-order valence-corrected chi connectivity index (χ4v) is 3.10. The number of nitrogens with zero attached hydrogens (tertiary/aromatic N) is 1. The first kappa shape index (κ1) is 21.9. The van der Waals surface area contributed by atoms with Gasteiger partial charge in [0.2, 0.25) is 5.56 Å². The molecule has 2 heterocycles. The maximum Gasteiger partial charge on any atom is 0.268 e. The summed E-state index contributed by atoms with van der Waals surface area (Å²) < 4.78 is 0. The van der Waals surface area contributed by atoms with E-state index in [0.29, 0.717) is 11.3 Å². The predicted octanol–water partition coefficient (Wildman–Crippen LogP) is 1.10. The Morgan fingerprint density at radius 1 is 1.06 bits per heavy atom. The van der Waals surface area contributed by atoms with Crippen LogP contribution in [0.2, 0.25) is 0 Å². The van der Waals surface area contributed by atoms with Crippen LogP contribution in [0.4, 0.5) is 0 Å². The number of benzene rings is 1. The lowest BCUT2D eigenvalue weighted by atomic mass is 10.00. The van der Waals surface area contributed by atoms with Crippen LogP contribution >= 0.6 is 0 Å². The van der Waals surface area contributed by atoms with Crippen molar-refractivity contribution in [2.45, 2.75) is 32.0 Å². The van der Waals surface area contributed by atoms with Gasteiger partial charge in [-0.15, -0.1) is 0 Å². The first-order valence-electron chi connectivity index (χ1n) is 9.84. The largest absolute Gasteiger partial charge is 0.381 e. The van der Waals surface area contributed by atoms with E-state index in [1.807, 2.05) is 30.3 Å². The molecule has 31 heavy (non-hydrogen) atoms. The van der Waals surface area contributed by atoms with Gasteiger partial charge in [0.25, 0.3) is 11.8 Å². The van der Waals surface area contributed by atoms with Crippen molar-refractivity contribution in [1.29, 1.82) is 0 Å². The molecule has 0 radical (unpaired) electrons. The second-order valence-electron chi connectivity index (χ2n) is 7.13. The average molecular weight is 420 g/mol. The fourth-order valence-electron chi connectivity index (χ4n) is 3.10. The molecule has 0 spiro atoms. The summed E-state index contributed by atoms with van der Waals surface area (Å²) in [5.74, 6) is -1.21. The Morgan fingerprint density at radius 2 is 1.81 bits per heavy atom. The lowest BCUT2D eigenvalue weighted by Gasteiger charge is -2.24. The number of amides is 2. The van der Waals surface area contributed by atoms with Gasteiger partial charge in [-0.1, -0.05) is 42.5 Å². The number of aliphatic hydroxyl groups excluding tert-OH is 1. The van der Waals surface area contributed by atoms with Crippen LogP contribution in [0.25, 0.3) is 0 Å². The van der Waals surface area contributed by atoms with Gasteiger partial charge in [0.15, 0.2) is 6.10 Å². The molecule has 0 fully saturated rings. The molecule has 160 valence electrons. The number of aromatic amines is 1. The number of hydrogen-bond acceptors (Lipinski definition) is 5. The van der Waals surface area contributed by atoms with Crippen LogP contribution in [-0.2, 0) is 17.8 Å². The van der Waals surface area contributed by atoms with Crippen LogP contribution in [0.15, 0.2) is 71.7 Å². The molecule has 8 nitrogen and oxygen atoms in total. The van der Waals surface area contributed by atoms with Gasteiger partial charge in [-0.2, -0.15) is 0 Å². The van der Waals surface area contributed by atoms with Gasteiger partial charge in [0, 0.05) is 12.3 Å². The number of aromatic nitrogens is 2. The van der Waals surface area contributed by atoms with Gasteiger partial charge in [0.1, 0.15) is 5.69 Å². The Balaban J connectivity index is 1.76. The third-order valence-corrected chi connectivity index (χ3v) is 4.79. The molecule has 2 amide bonds. The molecule has 8 heteroatoms. The molecule has 4 N–H and O–H groups in total. The SMILES string of the molecule is Cc1ccc(=O)[nH]c1C(=O)N[C@@H](Cc1ccccc1)C(O)C(=O)NCc1ccccn1. The smallest absolute Gasteiger partial charge is 0.268 e. The van der Waals surface area contributed by atoms with Crippen LogP contribution in [-0.4, -0.2) is 39.0 Å². The molecule has 2 atom stereocenters. The molecule has 0 aliphatic rings. The zero-order valence-electron chi connectivity index (χ0n) is 17.0. The lowest BCUT2D eigenvalue weighted by molar-refractivity contribution is -0.130. The number of H-pyrrole nitrogens is 1. The first-order chi connectivity index (χ1) is 14.9. The summed E-state index contributed by atoms with van der Waals surface area (Å²) in [6.07, 6.45) is 0.323. The maximum absolute atomic E-state index is 12.8. The summed E-state index contributed by atoms with van der Waals surface area (Å²) in [6.45, 7) is 1.83. The number of aliphatic hydroxyl groups is 1. The Bertz CT molecular complexity index is 1080. The van der Waals surface area contributed by atoms with Crippen molar-refractivity contribution in [3.8, 4) is 0 Å². The monoisotopic (exact) mass is 420 g/mol. The molecular weight excluding hydrogens is 396 g/mol. The molecule has 3 aromatic rings. The minimum Gasteiger partial charge on any atom is -0.381 e. The number of carbonyl (C=O) groups excluding carboxylic acids is 2. The van der Waals surface area contributed by atoms with E-state index in [-0.39, 0.29) is 18.7 Å². The highest BCUT2D eigenvalue weighted by molar-refractivity contribution is 5.94. The van der Waals surface area contributed by atoms with Crippen LogP contribution in [0.3, 0.4) is 0 Å². The van der Waals surface area contributed by atoms with Gasteiger partial charge in [0.05, 0.1) is 18.3 Å². The van der Waals surface area contributed by atoms with Crippen LogP contribution in [0.1, 0.15) is 27.3 Å². The topological polar surface area (TPSA) is 124 Å². The van der Waals surface area contributed by atoms with E-state index < -0.39 is 29.5 Å². The highest BCUT2D eigenvalue weighted by Gasteiger charge is 2.28. The molecular formula is C23H24N4O4. The fraction of sp³-hybridized carbons (Fsp3) is 0.217. The first-order valence-corrected chi connectivity index (χ1v) is 9.84. The number of aryl methyl sites for hydroxylation is 1. The maximum atomic E-state index is 12.8. The number of rotatable bonds is 8. The Labute approximate surface area is 179 Å². The van der Waals surface area contributed by atoms with Crippen LogP contribution in [0.5, 0.6) is 0 Å². The van der Waals surface area contributed by atoms with E-state index in [0.717, 1.165) is 5.56 Å². The highest BCUT2D eigenvalue weighted by Crippen LogP contribution is 2.09. The number of carbonyl (C=O) groups is 2. The molecule has 3 rings (SSSR count). The number of nitrogens with one attached hydrogen (secondary N) is 3. The van der Waals surface area contributed by atoms with Crippen molar-refractivity contribution in [3.05, 3.63) is 99.7 Å². The Kier molecular flexibility index (Phi) is 7.29. The molecule has 0 saturated heterocycles. The average Bonchev–Trinajstić information content (AvgIpc) is 2.79. The summed E-state index contributed by atoms with van der Waals surface area (Å²) in [5, 5.41) is 16.0. The van der Waals surface area contributed by atoms with Crippen molar-refractivity contribution < 1.29 is 14.7 Å². The van der Waals surface area contributed by atoms with Crippen molar-refractivity contribution in [1.82, 2.24) is 20.6 Å². The molecule has 1 aromatic carbocycles. The summed E-state index contributed by atoms with van der Waals surface area (Å²) in [6, 6.07) is 16.5. The van der Waals surface area contributed by atoms with E-state index in [1.54, 1.807) is 31.3 Å². The van der Waals surface area contributed by atoms with E-state index in [2.05, 4.69) is 20.6 Å².